The fourth-order valence-electron chi connectivity index (χ4n) is 3.65. The second-order valence-electron chi connectivity index (χ2n) is 7.02. The van der Waals surface area contributed by atoms with E-state index in [4.69, 9.17) is 0 Å². The van der Waals surface area contributed by atoms with Gasteiger partial charge in [0.2, 0.25) is 5.91 Å². The SMILES string of the molecule is CCC1CN(C(=O)c2cc3ncccn3n2)CCC(=O)N1Cc1ccccc1. The number of amides is 2. The molecule has 4 rings (SSSR count). The Balaban J connectivity index is 1.55. The number of carbonyl (C=O) groups is 2. The van der Waals surface area contributed by atoms with Crippen molar-refractivity contribution in [2.24, 2.45) is 0 Å². The van der Waals surface area contributed by atoms with Crippen molar-refractivity contribution in [3.63, 3.8) is 0 Å². The summed E-state index contributed by atoms with van der Waals surface area (Å²) in [5.74, 6) is -0.0685. The van der Waals surface area contributed by atoms with Crippen molar-refractivity contribution in [3.05, 3.63) is 66.1 Å². The summed E-state index contributed by atoms with van der Waals surface area (Å²) in [6.07, 6.45) is 4.54. The first-order valence-corrected chi connectivity index (χ1v) is 9.58. The number of hydrogen-bond acceptors (Lipinski definition) is 4. The van der Waals surface area contributed by atoms with Gasteiger partial charge in [-0.05, 0) is 18.1 Å². The van der Waals surface area contributed by atoms with Crippen LogP contribution in [0.15, 0.2) is 54.9 Å². The number of hydrogen-bond donors (Lipinski definition) is 0. The van der Waals surface area contributed by atoms with Gasteiger partial charge in [0, 0.05) is 50.6 Å². The summed E-state index contributed by atoms with van der Waals surface area (Å²) in [6.45, 7) is 3.53. The van der Waals surface area contributed by atoms with Gasteiger partial charge < -0.3 is 9.80 Å². The summed E-state index contributed by atoms with van der Waals surface area (Å²) in [7, 11) is 0. The molecule has 1 fully saturated rings. The third-order valence-electron chi connectivity index (χ3n) is 5.20. The monoisotopic (exact) mass is 377 g/mol. The number of nitrogens with zero attached hydrogens (tertiary/aromatic N) is 5. The third kappa shape index (κ3) is 3.60. The minimum Gasteiger partial charge on any atom is -0.335 e. The Morgan fingerprint density at radius 1 is 1.21 bits per heavy atom. The van der Waals surface area contributed by atoms with Gasteiger partial charge in [-0.25, -0.2) is 9.50 Å². The van der Waals surface area contributed by atoms with Crippen LogP contribution in [0.25, 0.3) is 5.65 Å². The maximum absolute atomic E-state index is 13.0. The molecule has 0 aliphatic carbocycles. The van der Waals surface area contributed by atoms with Crippen LogP contribution in [-0.4, -0.2) is 55.3 Å². The minimum atomic E-state index is -0.154. The molecule has 1 unspecified atom stereocenters. The number of carbonyl (C=O) groups excluding carboxylic acids is 2. The quantitative estimate of drug-likeness (QED) is 0.700. The lowest BCUT2D eigenvalue weighted by atomic mass is 10.1. The fourth-order valence-corrected chi connectivity index (χ4v) is 3.65. The van der Waals surface area contributed by atoms with Crippen LogP contribution >= 0.6 is 0 Å². The van der Waals surface area contributed by atoms with Crippen molar-refractivity contribution < 1.29 is 9.59 Å². The third-order valence-corrected chi connectivity index (χ3v) is 5.20. The van der Waals surface area contributed by atoms with Crippen molar-refractivity contribution in [2.45, 2.75) is 32.4 Å². The molecule has 0 saturated carbocycles. The lowest BCUT2D eigenvalue weighted by Crippen LogP contribution is -2.43. The summed E-state index contributed by atoms with van der Waals surface area (Å²) < 4.78 is 1.59. The molecule has 28 heavy (non-hydrogen) atoms. The normalized spacial score (nSPS) is 17.8. The highest BCUT2D eigenvalue weighted by atomic mass is 16.2. The molecule has 7 nitrogen and oxygen atoms in total. The van der Waals surface area contributed by atoms with Crippen LogP contribution in [0, 0.1) is 0 Å². The molecule has 7 heteroatoms. The highest BCUT2D eigenvalue weighted by Gasteiger charge is 2.31. The lowest BCUT2D eigenvalue weighted by molar-refractivity contribution is -0.133. The standard InChI is InChI=1S/C21H23N5O2/c1-2-17-15-24(21(28)18-13-19-22-10-6-11-26(19)23-18)12-9-20(27)25(17)14-16-7-4-3-5-8-16/h3-8,10-11,13,17H,2,9,12,14-15H2,1H3. The Morgan fingerprint density at radius 2 is 2.04 bits per heavy atom. The molecule has 1 aliphatic rings. The molecule has 2 aromatic heterocycles. The molecule has 0 N–H and O–H groups in total. The second kappa shape index (κ2) is 7.80. The molecular weight excluding hydrogens is 354 g/mol. The Kier molecular flexibility index (Phi) is 5.06. The smallest absolute Gasteiger partial charge is 0.274 e. The predicted molar refractivity (Wildman–Crippen MR) is 105 cm³/mol. The molecule has 3 heterocycles. The first-order valence-electron chi connectivity index (χ1n) is 9.58. The zero-order valence-corrected chi connectivity index (χ0v) is 15.9. The van der Waals surface area contributed by atoms with Crippen LogP contribution < -0.4 is 0 Å². The van der Waals surface area contributed by atoms with Gasteiger partial charge in [0.1, 0.15) is 0 Å². The van der Waals surface area contributed by atoms with Crippen LogP contribution in [0.5, 0.6) is 0 Å². The summed E-state index contributed by atoms with van der Waals surface area (Å²) in [5, 5.41) is 4.34. The van der Waals surface area contributed by atoms with Crippen molar-refractivity contribution >= 4 is 17.5 Å². The molecule has 0 bridgehead atoms. The summed E-state index contributed by atoms with van der Waals surface area (Å²) in [6, 6.07) is 13.4. The Bertz CT molecular complexity index is 952. The zero-order chi connectivity index (χ0) is 19.5. The van der Waals surface area contributed by atoms with E-state index in [1.807, 2.05) is 35.2 Å². The van der Waals surface area contributed by atoms with Gasteiger partial charge in [0.15, 0.2) is 11.3 Å². The van der Waals surface area contributed by atoms with E-state index in [9.17, 15) is 9.59 Å². The van der Waals surface area contributed by atoms with Crippen LogP contribution in [0.4, 0.5) is 0 Å². The maximum Gasteiger partial charge on any atom is 0.274 e. The van der Waals surface area contributed by atoms with E-state index in [-0.39, 0.29) is 17.9 Å². The van der Waals surface area contributed by atoms with E-state index in [0.29, 0.717) is 37.4 Å². The average Bonchev–Trinajstić information content (AvgIpc) is 3.10. The molecule has 0 spiro atoms. The highest BCUT2D eigenvalue weighted by Crippen LogP contribution is 2.19. The van der Waals surface area contributed by atoms with Gasteiger partial charge in [-0.15, -0.1) is 0 Å². The summed E-state index contributed by atoms with van der Waals surface area (Å²) in [4.78, 5) is 33.7. The molecule has 1 aromatic carbocycles. The molecule has 144 valence electrons. The van der Waals surface area contributed by atoms with E-state index in [1.165, 1.54) is 0 Å². The van der Waals surface area contributed by atoms with Gasteiger partial charge in [0.25, 0.3) is 5.91 Å². The lowest BCUT2D eigenvalue weighted by Gasteiger charge is -2.31. The van der Waals surface area contributed by atoms with Crippen LogP contribution in [0.3, 0.4) is 0 Å². The van der Waals surface area contributed by atoms with Gasteiger partial charge >= 0.3 is 0 Å². The van der Waals surface area contributed by atoms with E-state index in [1.54, 1.807) is 33.9 Å². The Labute approximate surface area is 163 Å². The van der Waals surface area contributed by atoms with Gasteiger partial charge in [-0.3, -0.25) is 9.59 Å². The van der Waals surface area contributed by atoms with Crippen molar-refractivity contribution in [2.75, 3.05) is 13.1 Å². The number of aromatic nitrogens is 3. The zero-order valence-electron chi connectivity index (χ0n) is 15.9. The molecular formula is C21H23N5O2. The predicted octanol–water partition coefficient (Wildman–Crippen LogP) is 2.38. The minimum absolute atomic E-state index is 0.0192. The highest BCUT2D eigenvalue weighted by molar-refractivity contribution is 5.94. The van der Waals surface area contributed by atoms with Crippen molar-refractivity contribution in [3.8, 4) is 0 Å². The molecule has 1 atom stereocenters. The van der Waals surface area contributed by atoms with Crippen molar-refractivity contribution in [1.29, 1.82) is 0 Å². The maximum atomic E-state index is 13.0. The van der Waals surface area contributed by atoms with Crippen molar-refractivity contribution in [1.82, 2.24) is 24.4 Å². The van der Waals surface area contributed by atoms with E-state index >= 15 is 0 Å². The van der Waals surface area contributed by atoms with E-state index in [2.05, 4.69) is 17.0 Å². The van der Waals surface area contributed by atoms with Gasteiger partial charge in [0.05, 0.1) is 0 Å². The first kappa shape index (κ1) is 18.2. The molecule has 0 radical (unpaired) electrons. The van der Waals surface area contributed by atoms with E-state index in [0.717, 1.165) is 12.0 Å². The van der Waals surface area contributed by atoms with E-state index < -0.39 is 0 Å². The average molecular weight is 377 g/mol. The van der Waals surface area contributed by atoms with Crippen LogP contribution in [0.2, 0.25) is 0 Å². The Hall–Kier alpha value is -3.22. The molecule has 1 saturated heterocycles. The van der Waals surface area contributed by atoms with Gasteiger partial charge in [-0.1, -0.05) is 37.3 Å². The fraction of sp³-hybridized carbons (Fsp3) is 0.333. The largest absolute Gasteiger partial charge is 0.335 e. The van der Waals surface area contributed by atoms with Gasteiger partial charge in [-0.2, -0.15) is 5.10 Å². The Morgan fingerprint density at radius 3 is 2.79 bits per heavy atom. The molecule has 3 aromatic rings. The number of rotatable bonds is 4. The molecule has 1 aliphatic heterocycles. The number of benzene rings is 1. The number of fused-ring (bicyclic) bond motifs is 1. The molecule has 2 amide bonds. The topological polar surface area (TPSA) is 70.8 Å². The van der Waals surface area contributed by atoms with Crippen LogP contribution in [-0.2, 0) is 11.3 Å². The second-order valence-corrected chi connectivity index (χ2v) is 7.02. The first-order chi connectivity index (χ1) is 13.7. The van der Waals surface area contributed by atoms with Crippen LogP contribution in [0.1, 0.15) is 35.8 Å². The summed E-state index contributed by atoms with van der Waals surface area (Å²) in [5.41, 5.74) is 2.09. The summed E-state index contributed by atoms with van der Waals surface area (Å²) >= 11 is 0.